The molecule has 0 saturated heterocycles. The highest BCUT2D eigenvalue weighted by Crippen LogP contribution is 2.12. The molecule has 0 spiro atoms. The smallest absolute Gasteiger partial charge is 0.416 e. The van der Waals surface area contributed by atoms with Gasteiger partial charge in [-0.05, 0) is 6.42 Å². The molecule has 0 fully saturated rings. The topological polar surface area (TPSA) is 94.1 Å². The van der Waals surface area contributed by atoms with Gasteiger partial charge in [-0.3, -0.25) is 0 Å². The Hall–Kier alpha value is -1.34. The van der Waals surface area contributed by atoms with Crippen molar-refractivity contribution in [1.29, 1.82) is 0 Å². The first-order valence-electron chi connectivity index (χ1n) is 11.5. The van der Waals surface area contributed by atoms with Gasteiger partial charge in [0.15, 0.2) is 0 Å². The van der Waals surface area contributed by atoms with Crippen LogP contribution in [0.2, 0.25) is 0 Å². The highest BCUT2D eigenvalue weighted by molar-refractivity contribution is 5.86. The van der Waals surface area contributed by atoms with Crippen LogP contribution in [0.4, 0.5) is 9.59 Å². The predicted molar refractivity (Wildman–Crippen MR) is 114 cm³/mol. The summed E-state index contributed by atoms with van der Waals surface area (Å²) in [6, 6.07) is 0. The molecule has 0 rings (SSSR count). The zero-order valence-electron chi connectivity index (χ0n) is 18.4. The van der Waals surface area contributed by atoms with E-state index < -0.39 is 12.2 Å². The van der Waals surface area contributed by atoms with Gasteiger partial charge in [0.1, 0.15) is 6.61 Å². The highest BCUT2D eigenvalue weighted by Gasteiger charge is 2.05. The maximum Gasteiger partial charge on any atom is 0.416 e. The molecule has 2 N–H and O–H groups in total. The van der Waals surface area contributed by atoms with Gasteiger partial charge in [0, 0.05) is 6.61 Å². The molecule has 0 aromatic heterocycles. The van der Waals surface area contributed by atoms with Crippen LogP contribution in [0.1, 0.15) is 96.8 Å². The molecule has 0 radical (unpaired) electrons. The molecule has 0 unspecified atom stereocenters. The van der Waals surface area contributed by atoms with Gasteiger partial charge in [0.2, 0.25) is 0 Å². The molecule has 0 aromatic carbocycles. The van der Waals surface area contributed by atoms with E-state index in [-0.39, 0.29) is 13.2 Å². The number of rotatable bonds is 21. The lowest BCUT2D eigenvalue weighted by atomic mass is 10.0. The quantitative estimate of drug-likeness (QED) is 0.226. The molecule has 0 aliphatic heterocycles. The molecule has 2 amide bonds. The summed E-state index contributed by atoms with van der Waals surface area (Å²) in [4.78, 5) is 21.0. The van der Waals surface area contributed by atoms with E-state index in [0.29, 0.717) is 13.2 Å². The first-order valence-corrected chi connectivity index (χ1v) is 11.5. The third-order valence-corrected chi connectivity index (χ3v) is 4.68. The summed E-state index contributed by atoms with van der Waals surface area (Å²) in [5.41, 5.74) is 0. The van der Waals surface area contributed by atoms with Gasteiger partial charge in [0.05, 0.1) is 19.8 Å². The van der Waals surface area contributed by atoms with Crippen molar-refractivity contribution in [2.45, 2.75) is 96.8 Å². The number of alkyl carbamates (subject to hydrolysis) is 1. The molecule has 0 saturated carbocycles. The number of imide groups is 1. The lowest BCUT2D eigenvalue weighted by Gasteiger charge is -2.07. The van der Waals surface area contributed by atoms with Crippen molar-refractivity contribution in [3.63, 3.8) is 0 Å². The molecule has 7 nitrogen and oxygen atoms in total. The van der Waals surface area contributed by atoms with Crippen molar-refractivity contribution < 1.29 is 28.9 Å². The molecule has 7 heteroatoms. The zero-order valence-corrected chi connectivity index (χ0v) is 18.4. The number of ether oxygens (including phenoxy) is 3. The maximum absolute atomic E-state index is 10.9. The first kappa shape index (κ1) is 27.7. The summed E-state index contributed by atoms with van der Waals surface area (Å²) < 4.78 is 15.3. The lowest BCUT2D eigenvalue weighted by Crippen LogP contribution is -2.30. The largest absolute Gasteiger partial charge is 0.465 e. The van der Waals surface area contributed by atoms with E-state index in [1.165, 1.54) is 83.5 Å². The van der Waals surface area contributed by atoms with Gasteiger partial charge in [-0.25, -0.2) is 14.9 Å². The van der Waals surface area contributed by atoms with Gasteiger partial charge in [-0.1, -0.05) is 90.4 Å². The number of hydrogen-bond donors (Lipinski definition) is 2. The van der Waals surface area contributed by atoms with Crippen molar-refractivity contribution in [2.75, 3.05) is 33.0 Å². The van der Waals surface area contributed by atoms with E-state index in [9.17, 15) is 9.59 Å². The Morgan fingerprint density at radius 2 is 1.03 bits per heavy atom. The average Bonchev–Trinajstić information content (AvgIpc) is 2.68. The fraction of sp³-hybridized carbons (Fsp3) is 0.909. The van der Waals surface area contributed by atoms with E-state index >= 15 is 0 Å². The van der Waals surface area contributed by atoms with Crippen LogP contribution in [0.5, 0.6) is 0 Å². The van der Waals surface area contributed by atoms with Crippen molar-refractivity contribution in [3.8, 4) is 0 Å². The van der Waals surface area contributed by atoms with Gasteiger partial charge in [-0.2, -0.15) is 0 Å². The van der Waals surface area contributed by atoms with Crippen LogP contribution in [0, 0.1) is 0 Å². The molecule has 29 heavy (non-hydrogen) atoms. The van der Waals surface area contributed by atoms with Crippen LogP contribution in [0.25, 0.3) is 0 Å². The van der Waals surface area contributed by atoms with E-state index in [1.54, 1.807) is 5.32 Å². The molecule has 0 aliphatic rings. The van der Waals surface area contributed by atoms with Crippen molar-refractivity contribution in [1.82, 2.24) is 5.32 Å². The normalized spacial score (nSPS) is 10.8. The van der Waals surface area contributed by atoms with Crippen LogP contribution in [0.3, 0.4) is 0 Å². The van der Waals surface area contributed by atoms with Gasteiger partial charge >= 0.3 is 12.2 Å². The summed E-state index contributed by atoms with van der Waals surface area (Å²) in [7, 11) is 0. The minimum absolute atomic E-state index is 0.0120. The van der Waals surface area contributed by atoms with Crippen molar-refractivity contribution in [2.24, 2.45) is 0 Å². The third-order valence-electron chi connectivity index (χ3n) is 4.68. The Bertz CT molecular complexity index is 378. The monoisotopic (exact) mass is 417 g/mol. The van der Waals surface area contributed by atoms with E-state index in [4.69, 9.17) is 14.6 Å². The molecular formula is C22H43NO6. The van der Waals surface area contributed by atoms with Crippen LogP contribution in [-0.2, 0) is 14.2 Å². The number of hydrogen-bond acceptors (Lipinski definition) is 5. The molecule has 0 heterocycles. The van der Waals surface area contributed by atoms with Gasteiger partial charge in [0.25, 0.3) is 0 Å². The summed E-state index contributed by atoms with van der Waals surface area (Å²) in [5, 5.41) is 9.88. The number of carboxylic acid groups (broad SMARTS) is 1. The summed E-state index contributed by atoms with van der Waals surface area (Å²) in [6.07, 6.45) is 16.4. The van der Waals surface area contributed by atoms with Crippen LogP contribution in [-0.4, -0.2) is 50.3 Å². The summed E-state index contributed by atoms with van der Waals surface area (Å²) in [6.45, 7) is 4.19. The van der Waals surface area contributed by atoms with E-state index in [0.717, 1.165) is 13.0 Å². The third kappa shape index (κ3) is 24.6. The second-order valence-electron chi connectivity index (χ2n) is 7.39. The van der Waals surface area contributed by atoms with E-state index in [2.05, 4.69) is 11.7 Å². The second-order valence-corrected chi connectivity index (χ2v) is 7.39. The van der Waals surface area contributed by atoms with Crippen LogP contribution in [0.15, 0.2) is 0 Å². The lowest BCUT2D eigenvalue weighted by molar-refractivity contribution is 0.0273. The maximum atomic E-state index is 10.9. The number of amides is 2. The first-order chi connectivity index (χ1) is 14.2. The van der Waals surface area contributed by atoms with Gasteiger partial charge < -0.3 is 19.3 Å². The Morgan fingerprint density at radius 3 is 1.52 bits per heavy atom. The standard InChI is InChI=1S/C22H43NO6/c1-2-3-4-5-6-7-8-9-10-11-12-13-14-15-16-27-17-18-28-19-20-29-22(26)23-21(24)25/h2-20H2,1H3,(H,23,26)(H,24,25). The van der Waals surface area contributed by atoms with Crippen molar-refractivity contribution >= 4 is 12.2 Å². The van der Waals surface area contributed by atoms with Crippen LogP contribution < -0.4 is 5.32 Å². The minimum Gasteiger partial charge on any atom is -0.465 e. The number of nitrogens with one attached hydrogen (secondary N) is 1. The molecule has 0 atom stereocenters. The summed E-state index contributed by atoms with van der Waals surface area (Å²) in [5.74, 6) is 0. The predicted octanol–water partition coefficient (Wildman–Crippen LogP) is 5.91. The number of carbonyl (C=O) groups is 2. The molecular weight excluding hydrogens is 374 g/mol. The number of unbranched alkanes of at least 4 members (excludes halogenated alkanes) is 13. The van der Waals surface area contributed by atoms with Gasteiger partial charge in [-0.15, -0.1) is 0 Å². The fourth-order valence-electron chi connectivity index (χ4n) is 3.04. The second kappa shape index (κ2) is 22.9. The molecule has 0 aromatic rings. The Balaban J connectivity index is 3.07. The van der Waals surface area contributed by atoms with Crippen molar-refractivity contribution in [3.05, 3.63) is 0 Å². The highest BCUT2D eigenvalue weighted by atomic mass is 16.6. The number of carbonyl (C=O) groups excluding carboxylic acids is 1. The fourth-order valence-corrected chi connectivity index (χ4v) is 3.04. The average molecular weight is 418 g/mol. The molecule has 0 bridgehead atoms. The Labute approximate surface area is 176 Å². The van der Waals surface area contributed by atoms with Crippen LogP contribution >= 0.6 is 0 Å². The van der Waals surface area contributed by atoms with E-state index in [1.807, 2.05) is 0 Å². The minimum atomic E-state index is -1.44. The molecule has 172 valence electrons. The Kier molecular flexibility index (Phi) is 21.9. The SMILES string of the molecule is CCCCCCCCCCCCCCCCOCCOCCOC(=O)NC(=O)O. The molecule has 0 aliphatic carbocycles. The Morgan fingerprint density at radius 1 is 0.621 bits per heavy atom. The summed E-state index contributed by atoms with van der Waals surface area (Å²) >= 11 is 0. The zero-order chi connectivity index (χ0) is 21.4.